The molecule has 1 heterocycles. The van der Waals surface area contributed by atoms with Crippen molar-refractivity contribution in [2.75, 3.05) is 0 Å². The monoisotopic (exact) mass is 273 g/mol. The van der Waals surface area contributed by atoms with Crippen LogP contribution in [0.15, 0.2) is 42.5 Å². The van der Waals surface area contributed by atoms with Crippen LogP contribution in [0.1, 0.15) is 32.5 Å². The van der Waals surface area contributed by atoms with Crippen LogP contribution in [0.2, 0.25) is 0 Å². The number of benzene rings is 1. The predicted molar refractivity (Wildman–Crippen MR) is 75.7 cm³/mol. The largest absolute Gasteiger partial charge is 0.477 e. The summed E-state index contributed by atoms with van der Waals surface area (Å²) in [6.45, 7) is 0.756. The summed E-state index contributed by atoms with van der Waals surface area (Å²) in [6, 6.07) is 14.6. The van der Waals surface area contributed by atoms with E-state index in [0.717, 1.165) is 11.4 Å². The van der Waals surface area contributed by atoms with Crippen LogP contribution in [0, 0.1) is 0 Å². The molecule has 2 atom stereocenters. The van der Waals surface area contributed by atoms with Crippen molar-refractivity contribution in [1.82, 2.24) is 5.32 Å². The van der Waals surface area contributed by atoms with Crippen LogP contribution in [-0.2, 0) is 6.54 Å². The Hall–Kier alpha value is -1.65. The highest BCUT2D eigenvalue weighted by Gasteiger charge is 2.37. The molecule has 2 N–H and O–H groups in total. The summed E-state index contributed by atoms with van der Waals surface area (Å²) in [5.74, 6) is -0.232. The minimum atomic E-state index is -0.843. The Kier molecular flexibility index (Phi) is 3.36. The van der Waals surface area contributed by atoms with Gasteiger partial charge in [0, 0.05) is 23.4 Å². The molecule has 0 radical (unpaired) electrons. The SMILES string of the molecule is O=C(O)c1ccc(CNC2CC2c2ccccc2)s1. The molecule has 0 amide bonds. The molecule has 0 aliphatic heterocycles. The standard InChI is InChI=1S/C15H15NO2S/c17-15(18)14-7-6-11(19-14)9-16-13-8-12(13)10-4-2-1-3-5-10/h1-7,12-13,16H,8-9H2,(H,17,18). The van der Waals surface area contributed by atoms with Crippen molar-refractivity contribution >= 4 is 17.3 Å². The van der Waals surface area contributed by atoms with E-state index in [0.29, 0.717) is 16.8 Å². The summed E-state index contributed by atoms with van der Waals surface area (Å²) >= 11 is 1.35. The van der Waals surface area contributed by atoms with Crippen LogP contribution in [0.5, 0.6) is 0 Å². The van der Waals surface area contributed by atoms with Gasteiger partial charge in [-0.15, -0.1) is 11.3 Å². The first-order chi connectivity index (χ1) is 9.24. The number of carboxylic acid groups (broad SMARTS) is 1. The number of thiophene rings is 1. The van der Waals surface area contributed by atoms with Gasteiger partial charge in [-0.05, 0) is 24.1 Å². The van der Waals surface area contributed by atoms with Gasteiger partial charge in [0.1, 0.15) is 4.88 Å². The van der Waals surface area contributed by atoms with Crippen molar-refractivity contribution in [3.8, 4) is 0 Å². The van der Waals surface area contributed by atoms with Crippen LogP contribution in [0.3, 0.4) is 0 Å². The maximum absolute atomic E-state index is 10.8. The van der Waals surface area contributed by atoms with Gasteiger partial charge in [-0.2, -0.15) is 0 Å². The van der Waals surface area contributed by atoms with Gasteiger partial charge in [-0.1, -0.05) is 30.3 Å². The summed E-state index contributed by atoms with van der Waals surface area (Å²) in [6.07, 6.45) is 1.17. The first kappa shape index (κ1) is 12.4. The zero-order valence-electron chi connectivity index (χ0n) is 10.4. The Labute approximate surface area is 115 Å². The second-order valence-electron chi connectivity index (χ2n) is 4.81. The van der Waals surface area contributed by atoms with E-state index in [1.165, 1.54) is 23.3 Å². The number of nitrogens with one attached hydrogen (secondary N) is 1. The highest BCUT2D eigenvalue weighted by Crippen LogP contribution is 2.40. The average Bonchev–Trinajstić information content (AvgIpc) is 3.05. The minimum absolute atomic E-state index is 0.409. The Bertz CT molecular complexity index is 579. The van der Waals surface area contributed by atoms with Gasteiger partial charge in [0.25, 0.3) is 0 Å². The summed E-state index contributed by atoms with van der Waals surface area (Å²) in [5.41, 5.74) is 1.39. The molecule has 0 spiro atoms. The predicted octanol–water partition coefficient (Wildman–Crippen LogP) is 3.09. The molecule has 4 heteroatoms. The van der Waals surface area contributed by atoms with Crippen LogP contribution in [-0.4, -0.2) is 17.1 Å². The fourth-order valence-corrected chi connectivity index (χ4v) is 3.11. The number of hydrogen-bond donors (Lipinski definition) is 2. The molecule has 98 valence electrons. The Morgan fingerprint density at radius 1 is 1.26 bits per heavy atom. The van der Waals surface area contributed by atoms with Gasteiger partial charge in [0.05, 0.1) is 0 Å². The third-order valence-corrected chi connectivity index (χ3v) is 4.50. The first-order valence-electron chi connectivity index (χ1n) is 6.34. The van der Waals surface area contributed by atoms with E-state index in [1.807, 2.05) is 12.1 Å². The number of carboxylic acids is 1. The fourth-order valence-electron chi connectivity index (χ4n) is 2.31. The van der Waals surface area contributed by atoms with E-state index >= 15 is 0 Å². The van der Waals surface area contributed by atoms with Crippen molar-refractivity contribution in [2.24, 2.45) is 0 Å². The summed E-state index contributed by atoms with van der Waals surface area (Å²) in [7, 11) is 0. The van der Waals surface area contributed by atoms with Crippen molar-refractivity contribution in [1.29, 1.82) is 0 Å². The van der Waals surface area contributed by atoms with Crippen molar-refractivity contribution < 1.29 is 9.90 Å². The second-order valence-corrected chi connectivity index (χ2v) is 5.98. The van der Waals surface area contributed by atoms with Gasteiger partial charge >= 0.3 is 5.97 Å². The zero-order valence-corrected chi connectivity index (χ0v) is 11.2. The molecule has 2 aromatic rings. The number of aromatic carboxylic acids is 1. The molecule has 0 bridgehead atoms. The van der Waals surface area contributed by atoms with Crippen LogP contribution < -0.4 is 5.32 Å². The number of rotatable bonds is 5. The molecule has 2 unspecified atom stereocenters. The van der Waals surface area contributed by atoms with Crippen molar-refractivity contribution in [3.05, 3.63) is 57.8 Å². The highest BCUT2D eigenvalue weighted by molar-refractivity contribution is 7.13. The Morgan fingerprint density at radius 2 is 2.05 bits per heavy atom. The summed E-state index contributed by atoms with van der Waals surface area (Å²) < 4.78 is 0. The van der Waals surface area contributed by atoms with Crippen molar-refractivity contribution in [2.45, 2.75) is 24.9 Å². The zero-order chi connectivity index (χ0) is 13.2. The smallest absolute Gasteiger partial charge is 0.345 e. The van der Waals surface area contributed by atoms with E-state index in [9.17, 15) is 4.79 Å². The summed E-state index contributed by atoms with van der Waals surface area (Å²) in [4.78, 5) is 12.3. The lowest BCUT2D eigenvalue weighted by Crippen LogP contribution is -2.16. The molecule has 1 saturated carbocycles. The number of hydrogen-bond acceptors (Lipinski definition) is 3. The highest BCUT2D eigenvalue weighted by atomic mass is 32.1. The van der Waals surface area contributed by atoms with Crippen molar-refractivity contribution in [3.63, 3.8) is 0 Å². The minimum Gasteiger partial charge on any atom is -0.477 e. The second kappa shape index (κ2) is 5.15. The van der Waals surface area contributed by atoms with Crippen LogP contribution >= 0.6 is 11.3 Å². The maximum atomic E-state index is 10.8. The van der Waals surface area contributed by atoms with E-state index in [4.69, 9.17) is 5.11 Å². The molecule has 3 rings (SSSR count). The Balaban J connectivity index is 1.53. The Morgan fingerprint density at radius 3 is 2.74 bits per heavy atom. The van der Waals surface area contributed by atoms with Crippen LogP contribution in [0.25, 0.3) is 0 Å². The molecular formula is C15H15NO2S. The lowest BCUT2D eigenvalue weighted by molar-refractivity contribution is 0.0702. The van der Waals surface area contributed by atoms with E-state index < -0.39 is 5.97 Å². The first-order valence-corrected chi connectivity index (χ1v) is 7.16. The molecule has 1 aliphatic rings. The lowest BCUT2D eigenvalue weighted by atomic mass is 10.1. The molecule has 1 aliphatic carbocycles. The van der Waals surface area contributed by atoms with E-state index in [2.05, 4.69) is 29.6 Å². The fraction of sp³-hybridized carbons (Fsp3) is 0.267. The molecule has 1 fully saturated rings. The normalized spacial score (nSPS) is 21.3. The molecule has 1 aromatic carbocycles. The van der Waals surface area contributed by atoms with Gasteiger partial charge in [0.15, 0.2) is 0 Å². The third-order valence-electron chi connectivity index (χ3n) is 3.43. The molecular weight excluding hydrogens is 258 g/mol. The topological polar surface area (TPSA) is 49.3 Å². The van der Waals surface area contributed by atoms with Gasteiger partial charge in [-0.3, -0.25) is 0 Å². The van der Waals surface area contributed by atoms with E-state index in [1.54, 1.807) is 6.07 Å². The molecule has 19 heavy (non-hydrogen) atoms. The summed E-state index contributed by atoms with van der Waals surface area (Å²) in [5, 5.41) is 12.4. The number of carbonyl (C=O) groups is 1. The third kappa shape index (κ3) is 2.85. The van der Waals surface area contributed by atoms with E-state index in [-0.39, 0.29) is 0 Å². The van der Waals surface area contributed by atoms with Crippen LogP contribution in [0.4, 0.5) is 0 Å². The molecule has 0 saturated heterocycles. The average molecular weight is 273 g/mol. The van der Waals surface area contributed by atoms with Gasteiger partial charge in [0.2, 0.25) is 0 Å². The quantitative estimate of drug-likeness (QED) is 0.880. The maximum Gasteiger partial charge on any atom is 0.345 e. The van der Waals surface area contributed by atoms with Gasteiger partial charge in [-0.25, -0.2) is 4.79 Å². The molecule has 3 nitrogen and oxygen atoms in total. The van der Waals surface area contributed by atoms with Gasteiger partial charge < -0.3 is 10.4 Å². The lowest BCUT2D eigenvalue weighted by Gasteiger charge is -2.02. The molecule has 1 aromatic heterocycles.